The van der Waals surface area contributed by atoms with E-state index >= 15 is 0 Å². The molecule has 11 nitrogen and oxygen atoms in total. The molecular weight excluding hydrogens is 532 g/mol. The van der Waals surface area contributed by atoms with Crippen molar-refractivity contribution in [1.29, 1.82) is 0 Å². The number of thioether (sulfide) groups is 1. The third kappa shape index (κ3) is 10.5. The van der Waals surface area contributed by atoms with Gasteiger partial charge in [-0.2, -0.15) is 11.8 Å². The number of carbonyl (C=O) groups is 4. The van der Waals surface area contributed by atoms with E-state index in [1.54, 1.807) is 6.20 Å². The smallest absolute Gasteiger partial charge is 0.326 e. The molecule has 0 saturated carbocycles. The Hall–Kier alpha value is -3.09. The summed E-state index contributed by atoms with van der Waals surface area (Å²) in [4.78, 5) is 54.5. The fourth-order valence-corrected chi connectivity index (χ4v) is 4.90. The SMILES string of the molecule is CSCCC(NC(=O)C(CCCCN)NC(=O)C(N)CC(C)C)C(=O)NC(Cc1c[nH]c2ccccc12)C(=O)O. The topological polar surface area (TPSA) is 192 Å². The number of aliphatic carboxylic acids is 1. The lowest BCUT2D eigenvalue weighted by Gasteiger charge is -2.25. The summed E-state index contributed by atoms with van der Waals surface area (Å²) in [5, 5.41) is 18.8. The van der Waals surface area contributed by atoms with Gasteiger partial charge in [0, 0.05) is 23.5 Å². The molecule has 0 radical (unpaired) electrons. The van der Waals surface area contributed by atoms with Crippen LogP contribution in [0.3, 0.4) is 0 Å². The van der Waals surface area contributed by atoms with Gasteiger partial charge < -0.3 is 37.5 Å². The first-order valence-corrected chi connectivity index (χ1v) is 15.1. The molecule has 2 aromatic rings. The zero-order chi connectivity index (χ0) is 29.7. The van der Waals surface area contributed by atoms with Crippen LogP contribution in [-0.4, -0.2) is 76.5 Å². The average molecular weight is 577 g/mol. The Morgan fingerprint density at radius 2 is 1.57 bits per heavy atom. The van der Waals surface area contributed by atoms with Crippen LogP contribution in [0.5, 0.6) is 0 Å². The Kier molecular flexibility index (Phi) is 14.0. The highest BCUT2D eigenvalue weighted by Crippen LogP contribution is 2.19. The molecule has 4 unspecified atom stereocenters. The van der Waals surface area contributed by atoms with Crippen LogP contribution in [0.1, 0.15) is 51.5 Å². The molecule has 0 aliphatic carbocycles. The summed E-state index contributed by atoms with van der Waals surface area (Å²) in [7, 11) is 0. The number of para-hydroxylation sites is 1. The van der Waals surface area contributed by atoms with Gasteiger partial charge in [0.25, 0.3) is 0 Å². The van der Waals surface area contributed by atoms with Crippen LogP contribution in [0, 0.1) is 5.92 Å². The molecule has 0 aliphatic rings. The van der Waals surface area contributed by atoms with Crippen LogP contribution in [-0.2, 0) is 25.6 Å². The first-order valence-electron chi connectivity index (χ1n) is 13.7. The Bertz CT molecular complexity index is 1120. The minimum absolute atomic E-state index is 0.0692. The summed E-state index contributed by atoms with van der Waals surface area (Å²) >= 11 is 1.50. The number of unbranched alkanes of at least 4 members (excludes halogenated alkanes) is 1. The standard InChI is InChI=1S/C28H44N6O5S/c1-17(2)14-20(30)25(35)32-22(10-6-7-12-29)26(36)33-23(11-13-40-3)27(37)34-24(28(38)39)15-18-16-31-21-9-5-4-8-19(18)21/h4-5,8-9,16-17,20,22-24,31H,6-7,10-15,29-30H2,1-3H3,(H,32,35)(H,33,36)(H,34,37)(H,38,39). The number of nitrogens with two attached hydrogens (primary N) is 2. The molecule has 1 heterocycles. The Labute approximate surface area is 240 Å². The van der Waals surface area contributed by atoms with Crippen molar-refractivity contribution >= 4 is 46.4 Å². The number of rotatable bonds is 18. The van der Waals surface area contributed by atoms with Gasteiger partial charge in [0.2, 0.25) is 17.7 Å². The van der Waals surface area contributed by atoms with E-state index in [1.807, 2.05) is 44.4 Å². The Balaban J connectivity index is 2.15. The molecule has 12 heteroatoms. The average Bonchev–Trinajstić information content (AvgIpc) is 3.32. The molecule has 9 N–H and O–H groups in total. The fraction of sp³-hybridized carbons (Fsp3) is 0.571. The van der Waals surface area contributed by atoms with Gasteiger partial charge in [0.15, 0.2) is 0 Å². The summed E-state index contributed by atoms with van der Waals surface area (Å²) in [5.74, 6) is -1.97. The fourth-order valence-electron chi connectivity index (χ4n) is 4.42. The first-order chi connectivity index (χ1) is 19.1. The second-order valence-electron chi connectivity index (χ2n) is 10.4. The van der Waals surface area contributed by atoms with Crippen molar-refractivity contribution in [3.05, 3.63) is 36.0 Å². The number of carbonyl (C=O) groups excluding carboxylic acids is 3. The normalized spacial score (nSPS) is 14.3. The van der Waals surface area contributed by atoms with Crippen LogP contribution in [0.4, 0.5) is 0 Å². The van der Waals surface area contributed by atoms with E-state index in [1.165, 1.54) is 11.8 Å². The number of nitrogens with one attached hydrogen (secondary N) is 4. The van der Waals surface area contributed by atoms with E-state index in [0.29, 0.717) is 38.0 Å². The third-order valence-corrected chi connectivity index (χ3v) is 7.24. The highest BCUT2D eigenvalue weighted by molar-refractivity contribution is 7.98. The van der Waals surface area contributed by atoms with Crippen LogP contribution in [0.2, 0.25) is 0 Å². The predicted octanol–water partition coefficient (Wildman–Crippen LogP) is 1.50. The molecule has 4 atom stereocenters. The number of benzene rings is 1. The van der Waals surface area contributed by atoms with Crippen molar-refractivity contribution in [1.82, 2.24) is 20.9 Å². The molecular formula is C28H44N6O5S. The highest BCUT2D eigenvalue weighted by atomic mass is 32.2. The molecule has 40 heavy (non-hydrogen) atoms. The highest BCUT2D eigenvalue weighted by Gasteiger charge is 2.30. The van der Waals surface area contributed by atoms with Crippen molar-refractivity contribution in [2.45, 2.75) is 76.5 Å². The van der Waals surface area contributed by atoms with E-state index < -0.39 is 47.9 Å². The number of fused-ring (bicyclic) bond motifs is 1. The third-order valence-electron chi connectivity index (χ3n) is 6.60. The molecule has 1 aromatic heterocycles. The number of hydrogen-bond acceptors (Lipinski definition) is 7. The summed E-state index contributed by atoms with van der Waals surface area (Å²) in [6.45, 7) is 4.35. The lowest BCUT2D eigenvalue weighted by Crippen LogP contribution is -2.57. The van der Waals surface area contributed by atoms with Gasteiger partial charge in [0.1, 0.15) is 18.1 Å². The molecule has 0 bridgehead atoms. The molecule has 222 valence electrons. The van der Waals surface area contributed by atoms with Crippen LogP contribution >= 0.6 is 11.8 Å². The van der Waals surface area contributed by atoms with Crippen LogP contribution < -0.4 is 27.4 Å². The lowest BCUT2D eigenvalue weighted by atomic mass is 10.0. The van der Waals surface area contributed by atoms with Gasteiger partial charge in [-0.05, 0) is 68.2 Å². The largest absolute Gasteiger partial charge is 0.480 e. The quantitative estimate of drug-likeness (QED) is 0.130. The molecule has 0 saturated heterocycles. The maximum absolute atomic E-state index is 13.3. The summed E-state index contributed by atoms with van der Waals surface area (Å²) in [6.07, 6.45) is 6.03. The van der Waals surface area contributed by atoms with Gasteiger partial charge in [-0.3, -0.25) is 14.4 Å². The molecule has 1 aromatic carbocycles. The van der Waals surface area contributed by atoms with E-state index in [9.17, 15) is 24.3 Å². The number of hydrogen-bond donors (Lipinski definition) is 7. The van der Waals surface area contributed by atoms with Crippen molar-refractivity contribution in [3.63, 3.8) is 0 Å². The Morgan fingerprint density at radius 3 is 2.20 bits per heavy atom. The summed E-state index contributed by atoms with van der Waals surface area (Å²) < 4.78 is 0. The van der Waals surface area contributed by atoms with Gasteiger partial charge in [0.05, 0.1) is 6.04 Å². The minimum Gasteiger partial charge on any atom is -0.480 e. The maximum Gasteiger partial charge on any atom is 0.326 e. The number of aromatic nitrogens is 1. The van der Waals surface area contributed by atoms with E-state index in [2.05, 4.69) is 20.9 Å². The summed E-state index contributed by atoms with van der Waals surface area (Å²) in [6, 6.07) is 3.67. The zero-order valence-corrected chi connectivity index (χ0v) is 24.4. The van der Waals surface area contributed by atoms with Crippen molar-refractivity contribution in [2.75, 3.05) is 18.6 Å². The van der Waals surface area contributed by atoms with E-state index in [0.717, 1.165) is 16.5 Å². The number of amides is 3. The van der Waals surface area contributed by atoms with Crippen LogP contribution in [0.15, 0.2) is 30.5 Å². The first kappa shape index (κ1) is 33.1. The second-order valence-corrected chi connectivity index (χ2v) is 11.4. The number of carboxylic acid groups (broad SMARTS) is 1. The molecule has 0 spiro atoms. The molecule has 0 fully saturated rings. The number of H-pyrrole nitrogens is 1. The minimum atomic E-state index is -1.20. The number of carboxylic acids is 1. The lowest BCUT2D eigenvalue weighted by molar-refractivity contribution is -0.142. The van der Waals surface area contributed by atoms with Gasteiger partial charge >= 0.3 is 5.97 Å². The predicted molar refractivity (Wildman–Crippen MR) is 159 cm³/mol. The van der Waals surface area contributed by atoms with Crippen molar-refractivity contribution in [3.8, 4) is 0 Å². The van der Waals surface area contributed by atoms with Gasteiger partial charge in [-0.25, -0.2) is 4.79 Å². The summed E-state index contributed by atoms with van der Waals surface area (Å²) in [5.41, 5.74) is 13.3. The zero-order valence-electron chi connectivity index (χ0n) is 23.6. The second kappa shape index (κ2) is 16.9. The van der Waals surface area contributed by atoms with Crippen molar-refractivity contribution < 1.29 is 24.3 Å². The van der Waals surface area contributed by atoms with Gasteiger partial charge in [-0.15, -0.1) is 0 Å². The van der Waals surface area contributed by atoms with E-state index in [4.69, 9.17) is 11.5 Å². The van der Waals surface area contributed by atoms with Gasteiger partial charge in [-0.1, -0.05) is 32.0 Å². The monoisotopic (exact) mass is 576 g/mol. The maximum atomic E-state index is 13.3. The van der Waals surface area contributed by atoms with Crippen molar-refractivity contribution in [2.24, 2.45) is 17.4 Å². The molecule has 3 amide bonds. The number of aromatic amines is 1. The van der Waals surface area contributed by atoms with Crippen LogP contribution in [0.25, 0.3) is 10.9 Å². The molecule has 2 rings (SSSR count). The van der Waals surface area contributed by atoms with E-state index in [-0.39, 0.29) is 18.8 Å². The molecule has 0 aliphatic heterocycles. The Morgan fingerprint density at radius 1 is 0.950 bits per heavy atom.